The van der Waals surface area contributed by atoms with E-state index < -0.39 is 0 Å². The maximum atomic E-state index is 4.30. The van der Waals surface area contributed by atoms with Crippen LogP contribution in [0.4, 0.5) is 0 Å². The van der Waals surface area contributed by atoms with Crippen LogP contribution in [-0.4, -0.2) is 40.0 Å². The summed E-state index contributed by atoms with van der Waals surface area (Å²) in [5.74, 6) is 1.75. The quantitative estimate of drug-likeness (QED) is 0.902. The monoisotopic (exact) mass is 262 g/mol. The van der Waals surface area contributed by atoms with Crippen molar-refractivity contribution in [3.8, 4) is 0 Å². The van der Waals surface area contributed by atoms with Gasteiger partial charge in [0.15, 0.2) is 0 Å². The summed E-state index contributed by atoms with van der Waals surface area (Å²) < 4.78 is 0. The molecule has 1 fully saturated rings. The Morgan fingerprint density at radius 3 is 2.42 bits per heavy atom. The number of rotatable bonds is 4. The van der Waals surface area contributed by atoms with E-state index in [1.165, 1.54) is 12.8 Å². The summed E-state index contributed by atoms with van der Waals surface area (Å²) in [4.78, 5) is 11.1. The zero-order valence-corrected chi connectivity index (χ0v) is 12.4. The van der Waals surface area contributed by atoms with Crippen LogP contribution in [0.2, 0.25) is 0 Å². The minimum Gasteiger partial charge on any atom is -0.312 e. The first-order chi connectivity index (χ1) is 9.03. The lowest BCUT2D eigenvalue weighted by atomic mass is 9.95. The molecule has 0 spiro atoms. The lowest BCUT2D eigenvalue weighted by molar-refractivity contribution is 0.167. The van der Waals surface area contributed by atoms with Gasteiger partial charge in [0.05, 0.1) is 6.54 Å². The zero-order chi connectivity index (χ0) is 13.7. The number of nitrogens with zero attached hydrogens (tertiary/aromatic N) is 3. The van der Waals surface area contributed by atoms with Crippen LogP contribution >= 0.6 is 0 Å². The Morgan fingerprint density at radius 2 is 1.84 bits per heavy atom. The van der Waals surface area contributed by atoms with Gasteiger partial charge in [-0.05, 0) is 65.2 Å². The highest BCUT2D eigenvalue weighted by Gasteiger charge is 2.21. The van der Waals surface area contributed by atoms with Gasteiger partial charge in [-0.15, -0.1) is 0 Å². The largest absolute Gasteiger partial charge is 0.312 e. The van der Waals surface area contributed by atoms with Crippen molar-refractivity contribution in [2.45, 2.75) is 45.7 Å². The molecule has 4 heteroatoms. The first-order valence-corrected chi connectivity index (χ1v) is 7.26. The van der Waals surface area contributed by atoms with Gasteiger partial charge in [-0.25, -0.2) is 9.97 Å². The van der Waals surface area contributed by atoms with E-state index in [1.54, 1.807) is 0 Å². The highest BCUT2D eigenvalue weighted by Crippen LogP contribution is 2.18. The van der Waals surface area contributed by atoms with Crippen LogP contribution in [0.15, 0.2) is 18.5 Å². The van der Waals surface area contributed by atoms with Crippen molar-refractivity contribution in [3.63, 3.8) is 0 Å². The predicted molar refractivity (Wildman–Crippen MR) is 77.8 cm³/mol. The fraction of sp³-hybridized carbons (Fsp3) is 0.733. The second-order valence-corrected chi connectivity index (χ2v) is 6.52. The average molecular weight is 262 g/mol. The van der Waals surface area contributed by atoms with Crippen LogP contribution in [0.5, 0.6) is 0 Å². The standard InChI is InChI=1S/C15H26N4/c1-15(2,3)18-11-13-5-9-19(10-6-13)12-14-16-7-4-8-17-14/h4,7-8,13,18H,5-6,9-12H2,1-3H3. The molecule has 0 unspecified atom stereocenters. The molecule has 0 aromatic carbocycles. The predicted octanol–water partition coefficient (Wildman–Crippen LogP) is 2.08. The second kappa shape index (κ2) is 6.44. The Kier molecular flexibility index (Phi) is 4.88. The van der Waals surface area contributed by atoms with Gasteiger partial charge in [0.1, 0.15) is 5.82 Å². The summed E-state index contributed by atoms with van der Waals surface area (Å²) in [5.41, 5.74) is 0.231. The molecule has 1 N–H and O–H groups in total. The van der Waals surface area contributed by atoms with Crippen molar-refractivity contribution in [1.82, 2.24) is 20.2 Å². The van der Waals surface area contributed by atoms with E-state index in [0.29, 0.717) is 0 Å². The fourth-order valence-electron chi connectivity index (χ4n) is 2.41. The van der Waals surface area contributed by atoms with Gasteiger partial charge in [0.25, 0.3) is 0 Å². The van der Waals surface area contributed by atoms with Gasteiger partial charge in [-0.2, -0.15) is 0 Å². The molecule has 1 aromatic rings. The van der Waals surface area contributed by atoms with E-state index in [4.69, 9.17) is 0 Å². The Balaban J connectivity index is 1.71. The summed E-state index contributed by atoms with van der Waals surface area (Å²) in [7, 11) is 0. The molecule has 1 aliphatic rings. The molecule has 2 rings (SSSR count). The summed E-state index contributed by atoms with van der Waals surface area (Å²) in [6.07, 6.45) is 6.19. The molecule has 1 saturated heterocycles. The van der Waals surface area contributed by atoms with Crippen molar-refractivity contribution >= 4 is 0 Å². The third-order valence-electron chi connectivity index (χ3n) is 3.61. The van der Waals surface area contributed by atoms with Gasteiger partial charge >= 0.3 is 0 Å². The zero-order valence-electron chi connectivity index (χ0n) is 12.4. The lowest BCUT2D eigenvalue weighted by Crippen LogP contribution is -2.42. The summed E-state index contributed by atoms with van der Waals surface area (Å²) in [5, 5.41) is 3.61. The van der Waals surface area contributed by atoms with E-state index in [9.17, 15) is 0 Å². The van der Waals surface area contributed by atoms with Crippen LogP contribution in [0.1, 0.15) is 39.4 Å². The van der Waals surface area contributed by atoms with E-state index in [2.05, 4.69) is 41.0 Å². The van der Waals surface area contributed by atoms with Crippen molar-refractivity contribution in [1.29, 1.82) is 0 Å². The Labute approximate surface area is 116 Å². The molecule has 0 aliphatic carbocycles. The highest BCUT2D eigenvalue weighted by atomic mass is 15.1. The van der Waals surface area contributed by atoms with Crippen LogP contribution in [0.25, 0.3) is 0 Å². The lowest BCUT2D eigenvalue weighted by Gasteiger charge is -2.33. The third kappa shape index (κ3) is 5.25. The second-order valence-electron chi connectivity index (χ2n) is 6.52. The average Bonchev–Trinajstić information content (AvgIpc) is 2.38. The minimum absolute atomic E-state index is 0.231. The molecule has 0 bridgehead atoms. The van der Waals surface area contributed by atoms with Crippen LogP contribution in [-0.2, 0) is 6.54 Å². The van der Waals surface area contributed by atoms with Gasteiger partial charge < -0.3 is 5.32 Å². The number of likely N-dealkylation sites (tertiary alicyclic amines) is 1. The minimum atomic E-state index is 0.231. The molecule has 1 aliphatic heterocycles. The molecule has 0 saturated carbocycles. The van der Waals surface area contributed by atoms with Gasteiger partial charge in [-0.3, -0.25) is 4.90 Å². The smallest absolute Gasteiger partial charge is 0.142 e. The molecule has 106 valence electrons. The summed E-state index contributed by atoms with van der Waals surface area (Å²) in [6.45, 7) is 11.0. The summed E-state index contributed by atoms with van der Waals surface area (Å²) >= 11 is 0. The fourth-order valence-corrected chi connectivity index (χ4v) is 2.41. The number of nitrogens with one attached hydrogen (secondary N) is 1. The van der Waals surface area contributed by atoms with E-state index in [0.717, 1.165) is 37.9 Å². The molecular weight excluding hydrogens is 236 g/mol. The van der Waals surface area contributed by atoms with E-state index in [1.807, 2.05) is 18.5 Å². The van der Waals surface area contributed by atoms with Crippen molar-refractivity contribution in [2.24, 2.45) is 5.92 Å². The molecule has 4 nitrogen and oxygen atoms in total. The van der Waals surface area contributed by atoms with Crippen molar-refractivity contribution in [3.05, 3.63) is 24.3 Å². The number of aromatic nitrogens is 2. The maximum absolute atomic E-state index is 4.30. The topological polar surface area (TPSA) is 41.0 Å². The SMILES string of the molecule is CC(C)(C)NCC1CCN(Cc2ncccn2)CC1. The Hall–Kier alpha value is -1.00. The maximum Gasteiger partial charge on any atom is 0.142 e. The third-order valence-corrected chi connectivity index (χ3v) is 3.61. The molecule has 19 heavy (non-hydrogen) atoms. The van der Waals surface area contributed by atoms with Crippen LogP contribution < -0.4 is 5.32 Å². The molecule has 2 heterocycles. The molecular formula is C15H26N4. The van der Waals surface area contributed by atoms with E-state index in [-0.39, 0.29) is 5.54 Å². The van der Waals surface area contributed by atoms with Crippen LogP contribution in [0, 0.1) is 5.92 Å². The molecule has 0 atom stereocenters. The van der Waals surface area contributed by atoms with Crippen molar-refractivity contribution in [2.75, 3.05) is 19.6 Å². The van der Waals surface area contributed by atoms with Gasteiger partial charge in [0, 0.05) is 17.9 Å². The summed E-state index contributed by atoms with van der Waals surface area (Å²) in [6, 6.07) is 1.87. The molecule has 0 amide bonds. The van der Waals surface area contributed by atoms with E-state index >= 15 is 0 Å². The number of hydrogen-bond donors (Lipinski definition) is 1. The van der Waals surface area contributed by atoms with Crippen molar-refractivity contribution < 1.29 is 0 Å². The Bertz CT molecular complexity index is 363. The Morgan fingerprint density at radius 1 is 1.21 bits per heavy atom. The first kappa shape index (κ1) is 14.4. The molecule has 0 radical (unpaired) electrons. The highest BCUT2D eigenvalue weighted by molar-refractivity contribution is 4.89. The van der Waals surface area contributed by atoms with Gasteiger partial charge in [0.2, 0.25) is 0 Å². The first-order valence-electron chi connectivity index (χ1n) is 7.26. The normalized spacial score (nSPS) is 18.7. The number of piperidine rings is 1. The number of hydrogen-bond acceptors (Lipinski definition) is 4. The molecule has 1 aromatic heterocycles. The van der Waals surface area contributed by atoms with Crippen LogP contribution in [0.3, 0.4) is 0 Å². The van der Waals surface area contributed by atoms with Gasteiger partial charge in [-0.1, -0.05) is 0 Å².